The van der Waals surface area contributed by atoms with E-state index in [2.05, 4.69) is 11.8 Å². The van der Waals surface area contributed by atoms with Crippen molar-refractivity contribution in [1.29, 1.82) is 0 Å². The fraction of sp³-hybridized carbons (Fsp3) is 0.267. The zero-order valence-corrected chi connectivity index (χ0v) is 10.8. The van der Waals surface area contributed by atoms with E-state index in [4.69, 9.17) is 5.73 Å². The van der Waals surface area contributed by atoms with Crippen LogP contribution < -0.4 is 10.6 Å². The summed E-state index contributed by atoms with van der Waals surface area (Å²) in [5.41, 5.74) is 6.99. The third kappa shape index (κ3) is 2.16. The maximum Gasteiger partial charge on any atom is 0.250 e. The SMILES string of the molecule is CCCN(C)c1c(C(N)=O)ccc2ccccc12. The summed E-state index contributed by atoms with van der Waals surface area (Å²) in [7, 11) is 2.00. The molecule has 18 heavy (non-hydrogen) atoms. The second-order valence-corrected chi connectivity index (χ2v) is 4.47. The Bertz CT molecular complexity index is 578. The molecular formula is C15H18N2O. The Morgan fingerprint density at radius 3 is 2.61 bits per heavy atom. The van der Waals surface area contributed by atoms with Crippen molar-refractivity contribution in [1.82, 2.24) is 0 Å². The molecule has 1 amide bonds. The average molecular weight is 242 g/mol. The van der Waals surface area contributed by atoms with Gasteiger partial charge < -0.3 is 10.6 Å². The fourth-order valence-electron chi connectivity index (χ4n) is 2.31. The van der Waals surface area contributed by atoms with E-state index < -0.39 is 0 Å². The molecule has 0 fully saturated rings. The highest BCUT2D eigenvalue weighted by Crippen LogP contribution is 2.30. The van der Waals surface area contributed by atoms with E-state index in [0.29, 0.717) is 5.56 Å². The Labute approximate surface area is 107 Å². The molecule has 0 saturated carbocycles. The molecule has 0 radical (unpaired) electrons. The number of nitrogens with two attached hydrogens (primary N) is 1. The van der Waals surface area contributed by atoms with Gasteiger partial charge in [0, 0.05) is 19.0 Å². The lowest BCUT2D eigenvalue weighted by Gasteiger charge is -2.23. The number of carbonyl (C=O) groups excluding carboxylic acids is 1. The maximum atomic E-state index is 11.6. The maximum absolute atomic E-state index is 11.6. The van der Waals surface area contributed by atoms with Gasteiger partial charge in [0.1, 0.15) is 0 Å². The normalized spacial score (nSPS) is 10.6. The van der Waals surface area contributed by atoms with Gasteiger partial charge in [0.25, 0.3) is 5.91 Å². The lowest BCUT2D eigenvalue weighted by Crippen LogP contribution is -2.23. The first-order chi connectivity index (χ1) is 8.65. The molecule has 2 aromatic rings. The van der Waals surface area contributed by atoms with Crippen LogP contribution in [0.3, 0.4) is 0 Å². The van der Waals surface area contributed by atoms with Crippen LogP contribution in [0.1, 0.15) is 23.7 Å². The van der Waals surface area contributed by atoms with Gasteiger partial charge in [-0.25, -0.2) is 0 Å². The van der Waals surface area contributed by atoms with Gasteiger partial charge in [-0.3, -0.25) is 4.79 Å². The second kappa shape index (κ2) is 5.08. The third-order valence-electron chi connectivity index (χ3n) is 3.11. The van der Waals surface area contributed by atoms with Gasteiger partial charge in [0.05, 0.1) is 11.3 Å². The highest BCUT2D eigenvalue weighted by molar-refractivity contribution is 6.08. The first-order valence-corrected chi connectivity index (χ1v) is 6.17. The summed E-state index contributed by atoms with van der Waals surface area (Å²) in [6.07, 6.45) is 1.03. The largest absolute Gasteiger partial charge is 0.373 e. The van der Waals surface area contributed by atoms with Gasteiger partial charge in [0.2, 0.25) is 0 Å². The smallest absolute Gasteiger partial charge is 0.250 e. The number of nitrogens with zero attached hydrogens (tertiary/aromatic N) is 1. The summed E-state index contributed by atoms with van der Waals surface area (Å²) < 4.78 is 0. The van der Waals surface area contributed by atoms with E-state index in [0.717, 1.165) is 29.4 Å². The third-order valence-corrected chi connectivity index (χ3v) is 3.11. The quantitative estimate of drug-likeness (QED) is 0.896. The van der Waals surface area contributed by atoms with E-state index in [1.165, 1.54) is 0 Å². The number of primary amides is 1. The molecule has 0 heterocycles. The number of hydrogen-bond donors (Lipinski definition) is 1. The van der Waals surface area contributed by atoms with Gasteiger partial charge in [-0.1, -0.05) is 37.3 Å². The molecule has 2 rings (SSSR count). The Kier molecular flexibility index (Phi) is 3.51. The number of amides is 1. The molecule has 2 N–H and O–H groups in total. The molecule has 0 aromatic heterocycles. The minimum atomic E-state index is -0.376. The van der Waals surface area contributed by atoms with E-state index in [1.54, 1.807) is 0 Å². The van der Waals surface area contributed by atoms with Crippen molar-refractivity contribution in [2.75, 3.05) is 18.5 Å². The molecule has 3 nitrogen and oxygen atoms in total. The number of hydrogen-bond acceptors (Lipinski definition) is 2. The monoisotopic (exact) mass is 242 g/mol. The molecular weight excluding hydrogens is 224 g/mol. The van der Waals surface area contributed by atoms with Crippen molar-refractivity contribution in [2.24, 2.45) is 5.73 Å². The van der Waals surface area contributed by atoms with Crippen LogP contribution in [0.4, 0.5) is 5.69 Å². The second-order valence-electron chi connectivity index (χ2n) is 4.47. The molecule has 0 atom stereocenters. The Morgan fingerprint density at radius 1 is 1.22 bits per heavy atom. The molecule has 2 aromatic carbocycles. The summed E-state index contributed by atoms with van der Waals surface area (Å²) in [6.45, 7) is 3.01. The van der Waals surface area contributed by atoms with E-state index >= 15 is 0 Å². The van der Waals surface area contributed by atoms with Gasteiger partial charge in [-0.2, -0.15) is 0 Å². The number of benzene rings is 2. The lowest BCUT2D eigenvalue weighted by atomic mass is 10.0. The van der Waals surface area contributed by atoms with Crippen LogP contribution in [0, 0.1) is 0 Å². The number of carbonyl (C=O) groups is 1. The molecule has 0 bridgehead atoms. The van der Waals surface area contributed by atoms with Gasteiger partial charge in [0.15, 0.2) is 0 Å². The first kappa shape index (κ1) is 12.4. The summed E-state index contributed by atoms with van der Waals surface area (Å²) in [4.78, 5) is 13.7. The predicted molar refractivity (Wildman–Crippen MR) is 76.0 cm³/mol. The molecule has 0 aliphatic rings. The molecule has 94 valence electrons. The van der Waals surface area contributed by atoms with Gasteiger partial charge in [-0.15, -0.1) is 0 Å². The highest BCUT2D eigenvalue weighted by atomic mass is 16.1. The summed E-state index contributed by atoms with van der Waals surface area (Å²) in [5.74, 6) is -0.376. The van der Waals surface area contributed by atoms with Crippen LogP contribution in [-0.4, -0.2) is 19.5 Å². The summed E-state index contributed by atoms with van der Waals surface area (Å²) in [6, 6.07) is 11.8. The van der Waals surface area contributed by atoms with Crippen molar-refractivity contribution in [3.63, 3.8) is 0 Å². The van der Waals surface area contributed by atoms with Gasteiger partial charge >= 0.3 is 0 Å². The molecule has 3 heteroatoms. The van der Waals surface area contributed by atoms with Crippen molar-refractivity contribution in [3.8, 4) is 0 Å². The van der Waals surface area contributed by atoms with Crippen molar-refractivity contribution in [3.05, 3.63) is 42.0 Å². The minimum absolute atomic E-state index is 0.376. The van der Waals surface area contributed by atoms with Crippen LogP contribution in [0.5, 0.6) is 0 Å². The van der Waals surface area contributed by atoms with Crippen LogP contribution in [0.2, 0.25) is 0 Å². The predicted octanol–water partition coefficient (Wildman–Crippen LogP) is 2.78. The van der Waals surface area contributed by atoms with Crippen molar-refractivity contribution >= 4 is 22.4 Å². The van der Waals surface area contributed by atoms with Crippen LogP contribution in [0.15, 0.2) is 36.4 Å². The fourth-order valence-corrected chi connectivity index (χ4v) is 2.31. The van der Waals surface area contributed by atoms with Crippen molar-refractivity contribution in [2.45, 2.75) is 13.3 Å². The van der Waals surface area contributed by atoms with E-state index in [9.17, 15) is 4.79 Å². The molecule has 0 aliphatic carbocycles. The summed E-state index contributed by atoms with van der Waals surface area (Å²) in [5, 5.41) is 2.20. The first-order valence-electron chi connectivity index (χ1n) is 6.17. The minimum Gasteiger partial charge on any atom is -0.373 e. The molecule has 0 saturated heterocycles. The highest BCUT2D eigenvalue weighted by Gasteiger charge is 2.14. The zero-order valence-electron chi connectivity index (χ0n) is 10.8. The van der Waals surface area contributed by atoms with Gasteiger partial charge in [-0.05, 0) is 17.9 Å². The average Bonchev–Trinajstić information content (AvgIpc) is 2.37. The Morgan fingerprint density at radius 2 is 1.94 bits per heavy atom. The van der Waals surface area contributed by atoms with Crippen molar-refractivity contribution < 1.29 is 4.79 Å². The number of fused-ring (bicyclic) bond motifs is 1. The van der Waals surface area contributed by atoms with E-state index in [1.807, 2.05) is 43.4 Å². The van der Waals surface area contributed by atoms with Crippen LogP contribution in [0.25, 0.3) is 10.8 Å². The Balaban J connectivity index is 2.70. The molecule has 0 spiro atoms. The zero-order chi connectivity index (χ0) is 13.1. The van der Waals surface area contributed by atoms with Crippen LogP contribution >= 0.6 is 0 Å². The van der Waals surface area contributed by atoms with E-state index in [-0.39, 0.29) is 5.91 Å². The van der Waals surface area contributed by atoms with Crippen LogP contribution in [-0.2, 0) is 0 Å². The standard InChI is InChI=1S/C15H18N2O/c1-3-10-17(2)14-12-7-5-4-6-11(12)8-9-13(14)15(16)18/h4-9H,3,10H2,1-2H3,(H2,16,18). The molecule has 0 unspecified atom stereocenters. The number of anilines is 1. The topological polar surface area (TPSA) is 46.3 Å². The summed E-state index contributed by atoms with van der Waals surface area (Å²) >= 11 is 0. The number of rotatable bonds is 4. The Hall–Kier alpha value is -2.03. The molecule has 0 aliphatic heterocycles. The lowest BCUT2D eigenvalue weighted by molar-refractivity contribution is 0.100.